The number of rotatable bonds is 5. The maximum absolute atomic E-state index is 12.6. The van der Waals surface area contributed by atoms with E-state index in [4.69, 9.17) is 0 Å². The van der Waals surface area contributed by atoms with Gasteiger partial charge in [-0.1, -0.05) is 12.1 Å². The summed E-state index contributed by atoms with van der Waals surface area (Å²) in [5.41, 5.74) is 3.44. The quantitative estimate of drug-likeness (QED) is 0.812. The van der Waals surface area contributed by atoms with Crippen LogP contribution >= 0.6 is 0 Å². The third-order valence-electron chi connectivity index (χ3n) is 4.92. The van der Waals surface area contributed by atoms with Gasteiger partial charge in [0.2, 0.25) is 15.9 Å². The van der Waals surface area contributed by atoms with Crippen molar-refractivity contribution < 1.29 is 18.0 Å². The van der Waals surface area contributed by atoms with Crippen molar-refractivity contribution in [3.05, 3.63) is 59.2 Å². The van der Waals surface area contributed by atoms with Gasteiger partial charge in [0, 0.05) is 31.4 Å². The molecule has 0 aliphatic carbocycles. The summed E-state index contributed by atoms with van der Waals surface area (Å²) in [6.07, 6.45) is 2.06. The molecule has 0 bridgehead atoms. The fourth-order valence-corrected chi connectivity index (χ4v) is 4.75. The number of hydrogen-bond donors (Lipinski definition) is 1. The Labute approximate surface area is 171 Å². The van der Waals surface area contributed by atoms with E-state index < -0.39 is 10.0 Å². The molecule has 0 saturated heterocycles. The second-order valence-electron chi connectivity index (χ2n) is 7.57. The molecule has 1 unspecified atom stereocenters. The molecule has 1 heterocycles. The first-order valence-electron chi connectivity index (χ1n) is 9.29. The third-order valence-corrected chi connectivity index (χ3v) is 6.19. The van der Waals surface area contributed by atoms with E-state index in [1.54, 1.807) is 44.4 Å². The average Bonchev–Trinajstić information content (AvgIpc) is 2.98. The molecule has 2 amide bonds. The highest BCUT2D eigenvalue weighted by Gasteiger charge is 2.32. The smallest absolute Gasteiger partial charge is 0.255 e. The van der Waals surface area contributed by atoms with E-state index in [2.05, 4.69) is 5.32 Å². The average molecular weight is 416 g/mol. The van der Waals surface area contributed by atoms with Crippen LogP contribution in [0.2, 0.25) is 0 Å². The summed E-state index contributed by atoms with van der Waals surface area (Å²) in [6.45, 7) is 1.85. The van der Waals surface area contributed by atoms with Crippen LogP contribution in [-0.4, -0.2) is 51.5 Å². The number of sulfonamides is 1. The van der Waals surface area contributed by atoms with Crippen LogP contribution in [0, 0.1) is 0 Å². The lowest BCUT2D eigenvalue weighted by atomic mass is 10.1. The molecule has 0 saturated carbocycles. The molecule has 154 valence electrons. The third kappa shape index (κ3) is 4.59. The molecule has 29 heavy (non-hydrogen) atoms. The van der Waals surface area contributed by atoms with Crippen molar-refractivity contribution in [3.8, 4) is 0 Å². The molecule has 8 heteroatoms. The number of nitrogens with zero attached hydrogens (tertiary/aromatic N) is 2. The van der Waals surface area contributed by atoms with Gasteiger partial charge in [0.15, 0.2) is 0 Å². The van der Waals surface area contributed by atoms with Crippen LogP contribution in [0.1, 0.15) is 28.4 Å². The highest BCUT2D eigenvalue weighted by molar-refractivity contribution is 7.92. The Kier molecular flexibility index (Phi) is 5.66. The number of anilines is 2. The lowest BCUT2D eigenvalue weighted by Gasteiger charge is -2.21. The maximum atomic E-state index is 12.6. The largest absolute Gasteiger partial charge is 0.349 e. The number of benzene rings is 2. The second-order valence-corrected chi connectivity index (χ2v) is 9.43. The van der Waals surface area contributed by atoms with E-state index in [9.17, 15) is 18.0 Å². The molecule has 3 rings (SSSR count). The molecule has 1 aliphatic heterocycles. The van der Waals surface area contributed by atoms with Crippen LogP contribution in [0.3, 0.4) is 0 Å². The van der Waals surface area contributed by atoms with Crippen molar-refractivity contribution in [2.45, 2.75) is 25.8 Å². The predicted octanol–water partition coefficient (Wildman–Crippen LogP) is 2.28. The lowest BCUT2D eigenvalue weighted by Crippen LogP contribution is -2.34. The molecular weight excluding hydrogens is 390 g/mol. The Morgan fingerprint density at radius 3 is 2.38 bits per heavy atom. The van der Waals surface area contributed by atoms with Crippen molar-refractivity contribution >= 4 is 33.2 Å². The number of likely N-dealkylation sites (N-methyl/N-ethyl adjacent to an activating group) is 1. The first-order chi connectivity index (χ1) is 13.6. The van der Waals surface area contributed by atoms with Crippen LogP contribution < -0.4 is 9.62 Å². The fourth-order valence-electron chi connectivity index (χ4n) is 3.49. The van der Waals surface area contributed by atoms with Gasteiger partial charge in [-0.15, -0.1) is 0 Å². The Bertz CT molecular complexity index is 1050. The maximum Gasteiger partial charge on any atom is 0.255 e. The summed E-state index contributed by atoms with van der Waals surface area (Å²) in [7, 11) is 0.0642. The van der Waals surface area contributed by atoms with Gasteiger partial charge >= 0.3 is 0 Å². The van der Waals surface area contributed by atoms with E-state index in [0.29, 0.717) is 29.8 Å². The first-order valence-corrected chi connectivity index (χ1v) is 11.1. The summed E-state index contributed by atoms with van der Waals surface area (Å²) >= 11 is 0. The van der Waals surface area contributed by atoms with Crippen molar-refractivity contribution in [2.75, 3.05) is 30.0 Å². The molecule has 7 nitrogen and oxygen atoms in total. The Hall–Kier alpha value is -2.87. The van der Waals surface area contributed by atoms with Crippen LogP contribution in [0.4, 0.5) is 11.4 Å². The second kappa shape index (κ2) is 7.87. The summed E-state index contributed by atoms with van der Waals surface area (Å²) < 4.78 is 25.4. The molecule has 0 fully saturated rings. The summed E-state index contributed by atoms with van der Waals surface area (Å²) in [6, 6.07) is 12.0. The minimum atomic E-state index is -3.36. The molecule has 0 radical (unpaired) electrons. The number of fused-ring (bicyclic) bond motifs is 1. The number of hydrogen-bond acceptors (Lipinski definition) is 4. The van der Waals surface area contributed by atoms with Crippen LogP contribution in [0.25, 0.3) is 0 Å². The Morgan fingerprint density at radius 1 is 1.14 bits per heavy atom. The van der Waals surface area contributed by atoms with Gasteiger partial charge in [0.05, 0.1) is 18.4 Å². The molecular formula is C21H25N3O4S. The topological polar surface area (TPSA) is 86.8 Å². The minimum Gasteiger partial charge on any atom is -0.349 e. The van der Waals surface area contributed by atoms with Crippen LogP contribution in [-0.2, 0) is 27.7 Å². The molecule has 0 spiro atoms. The van der Waals surface area contributed by atoms with Crippen molar-refractivity contribution in [1.82, 2.24) is 4.90 Å². The summed E-state index contributed by atoms with van der Waals surface area (Å²) in [4.78, 5) is 25.9. The zero-order valence-electron chi connectivity index (χ0n) is 17.0. The molecule has 1 atom stereocenters. The number of carbonyl (C=O) groups excluding carboxylic acids is 2. The molecule has 1 aliphatic rings. The zero-order valence-corrected chi connectivity index (χ0v) is 17.8. The molecule has 2 aromatic rings. The van der Waals surface area contributed by atoms with E-state index in [-0.39, 0.29) is 17.9 Å². The molecule has 1 N–H and O–H groups in total. The predicted molar refractivity (Wildman–Crippen MR) is 114 cm³/mol. The van der Waals surface area contributed by atoms with Gasteiger partial charge in [-0.3, -0.25) is 13.9 Å². The Morgan fingerprint density at radius 2 is 1.79 bits per heavy atom. The van der Waals surface area contributed by atoms with E-state index in [1.165, 1.54) is 15.5 Å². The van der Waals surface area contributed by atoms with Gasteiger partial charge < -0.3 is 10.2 Å². The SMILES string of the molecule is CC1Cc2cc(C(=O)Nc3ccc(CC(=O)N(C)C)cc3)ccc2N1S(C)(=O)=O. The normalized spacial score (nSPS) is 15.7. The van der Waals surface area contributed by atoms with E-state index >= 15 is 0 Å². The van der Waals surface area contributed by atoms with Gasteiger partial charge in [-0.05, 0) is 54.8 Å². The monoisotopic (exact) mass is 415 g/mol. The molecule has 2 aromatic carbocycles. The standard InChI is InChI=1S/C21H25N3O4S/c1-14-11-17-13-16(7-10-19(17)24(14)29(4,27)28)21(26)22-18-8-5-15(6-9-18)12-20(25)23(2)3/h5-10,13-14H,11-12H2,1-4H3,(H,22,26). The van der Waals surface area contributed by atoms with Gasteiger partial charge in [-0.25, -0.2) is 8.42 Å². The zero-order chi connectivity index (χ0) is 21.3. The van der Waals surface area contributed by atoms with Crippen LogP contribution in [0.15, 0.2) is 42.5 Å². The highest BCUT2D eigenvalue weighted by Crippen LogP contribution is 2.34. The van der Waals surface area contributed by atoms with E-state index in [1.807, 2.05) is 19.1 Å². The van der Waals surface area contributed by atoms with Crippen molar-refractivity contribution in [1.29, 1.82) is 0 Å². The van der Waals surface area contributed by atoms with Crippen molar-refractivity contribution in [2.24, 2.45) is 0 Å². The first kappa shape index (κ1) is 20.9. The van der Waals surface area contributed by atoms with Gasteiger partial charge in [0.25, 0.3) is 5.91 Å². The fraction of sp³-hybridized carbons (Fsp3) is 0.333. The minimum absolute atomic E-state index is 0.0114. The number of nitrogens with one attached hydrogen (secondary N) is 1. The Balaban J connectivity index is 1.72. The van der Waals surface area contributed by atoms with Gasteiger partial charge in [0.1, 0.15) is 0 Å². The number of carbonyl (C=O) groups is 2. The van der Waals surface area contributed by atoms with Crippen LogP contribution in [0.5, 0.6) is 0 Å². The molecule has 0 aromatic heterocycles. The number of amides is 2. The van der Waals surface area contributed by atoms with Gasteiger partial charge in [-0.2, -0.15) is 0 Å². The summed E-state index contributed by atoms with van der Waals surface area (Å²) in [5, 5.41) is 2.84. The summed E-state index contributed by atoms with van der Waals surface area (Å²) in [5.74, 6) is -0.257. The lowest BCUT2D eigenvalue weighted by molar-refractivity contribution is -0.127. The van der Waals surface area contributed by atoms with Crippen molar-refractivity contribution in [3.63, 3.8) is 0 Å². The highest BCUT2D eigenvalue weighted by atomic mass is 32.2. The van der Waals surface area contributed by atoms with E-state index in [0.717, 1.165) is 11.1 Å².